The maximum absolute atomic E-state index is 12.3. The zero-order valence-corrected chi connectivity index (χ0v) is 13.2. The Kier molecular flexibility index (Phi) is 4.34. The van der Waals surface area contributed by atoms with Crippen LogP contribution in [0.4, 0.5) is 5.82 Å². The number of nitrogens with zero attached hydrogens (tertiary/aromatic N) is 4. The first-order valence-corrected chi connectivity index (χ1v) is 7.47. The Morgan fingerprint density at radius 2 is 2.22 bits per heavy atom. The van der Waals surface area contributed by atoms with Crippen molar-refractivity contribution in [3.8, 4) is 5.82 Å². The molecule has 116 valence electrons. The lowest BCUT2D eigenvalue weighted by Gasteiger charge is -2.04. The third-order valence-electron chi connectivity index (χ3n) is 3.25. The lowest BCUT2D eigenvalue weighted by molar-refractivity contribution is 0.102. The van der Waals surface area contributed by atoms with Crippen LogP contribution in [0.1, 0.15) is 22.8 Å². The summed E-state index contributed by atoms with van der Waals surface area (Å²) in [6.07, 6.45) is 7.41. The maximum atomic E-state index is 12.3. The smallest absolute Gasteiger partial charge is 0.258 e. The van der Waals surface area contributed by atoms with Gasteiger partial charge in [-0.2, -0.15) is 0 Å². The van der Waals surface area contributed by atoms with Gasteiger partial charge in [-0.25, -0.2) is 9.67 Å². The molecule has 0 aliphatic rings. The second kappa shape index (κ2) is 6.58. The van der Waals surface area contributed by atoms with Crippen LogP contribution in [0.3, 0.4) is 0 Å². The summed E-state index contributed by atoms with van der Waals surface area (Å²) in [5, 5.41) is 7.48. The molecule has 0 radical (unpaired) electrons. The number of anilines is 1. The van der Waals surface area contributed by atoms with Gasteiger partial charge >= 0.3 is 0 Å². The van der Waals surface area contributed by atoms with Crippen LogP contribution >= 0.6 is 11.6 Å². The maximum Gasteiger partial charge on any atom is 0.258 e. The van der Waals surface area contributed by atoms with Crippen molar-refractivity contribution >= 4 is 23.3 Å². The lowest BCUT2D eigenvalue weighted by Crippen LogP contribution is -2.13. The molecular formula is C16H14ClN5O. The van der Waals surface area contributed by atoms with Crippen LogP contribution in [0.25, 0.3) is 5.82 Å². The molecule has 0 aliphatic heterocycles. The number of aryl methyl sites for hydroxylation is 1. The first-order chi connectivity index (χ1) is 11.2. The summed E-state index contributed by atoms with van der Waals surface area (Å²) >= 11 is 6.08. The quantitative estimate of drug-likeness (QED) is 0.799. The van der Waals surface area contributed by atoms with Gasteiger partial charge in [0.2, 0.25) is 0 Å². The Morgan fingerprint density at radius 3 is 3.00 bits per heavy atom. The molecule has 3 rings (SSSR count). The van der Waals surface area contributed by atoms with Crippen LogP contribution < -0.4 is 5.32 Å². The SMILES string of the molecule is CCc1cncc(C(=O)Nc2ccn(-c3ncccc3Cl)n2)c1. The van der Waals surface area contributed by atoms with E-state index < -0.39 is 0 Å². The molecule has 1 N–H and O–H groups in total. The summed E-state index contributed by atoms with van der Waals surface area (Å²) in [6, 6.07) is 6.96. The molecule has 3 heterocycles. The normalized spacial score (nSPS) is 10.5. The van der Waals surface area contributed by atoms with Gasteiger partial charge in [0.1, 0.15) is 0 Å². The number of hydrogen-bond acceptors (Lipinski definition) is 4. The number of hydrogen-bond donors (Lipinski definition) is 1. The van der Waals surface area contributed by atoms with Crippen LogP contribution in [0.2, 0.25) is 5.02 Å². The highest BCUT2D eigenvalue weighted by atomic mass is 35.5. The van der Waals surface area contributed by atoms with E-state index in [-0.39, 0.29) is 5.91 Å². The van der Waals surface area contributed by atoms with Crippen LogP contribution in [0.5, 0.6) is 0 Å². The van der Waals surface area contributed by atoms with Crippen molar-refractivity contribution in [3.63, 3.8) is 0 Å². The van der Waals surface area contributed by atoms with E-state index in [4.69, 9.17) is 11.6 Å². The summed E-state index contributed by atoms with van der Waals surface area (Å²) in [4.78, 5) is 20.5. The van der Waals surface area contributed by atoms with E-state index in [0.29, 0.717) is 22.2 Å². The molecule has 6 nitrogen and oxygen atoms in total. The molecule has 0 aliphatic carbocycles. The van der Waals surface area contributed by atoms with Crippen molar-refractivity contribution < 1.29 is 4.79 Å². The van der Waals surface area contributed by atoms with Crippen molar-refractivity contribution in [3.05, 3.63) is 65.2 Å². The average molecular weight is 328 g/mol. The second-order valence-electron chi connectivity index (χ2n) is 4.84. The first-order valence-electron chi connectivity index (χ1n) is 7.09. The molecule has 0 spiro atoms. The molecule has 0 saturated heterocycles. The predicted octanol–water partition coefficient (Wildman–Crippen LogP) is 3.13. The molecule has 3 aromatic heterocycles. The lowest BCUT2D eigenvalue weighted by atomic mass is 10.1. The van der Waals surface area contributed by atoms with Crippen LogP contribution in [-0.4, -0.2) is 25.7 Å². The Hall–Kier alpha value is -2.73. The molecule has 0 aromatic carbocycles. The minimum Gasteiger partial charge on any atom is -0.305 e. The molecule has 7 heteroatoms. The molecule has 0 fully saturated rings. The second-order valence-corrected chi connectivity index (χ2v) is 5.25. The standard InChI is InChI=1S/C16H14ClN5O/c1-2-11-8-12(10-18-9-11)16(23)20-14-5-7-22(21-14)15-13(17)4-3-6-19-15/h3-10H,2H2,1H3,(H,20,21,23). The van der Waals surface area contributed by atoms with Gasteiger partial charge in [0, 0.05) is 30.9 Å². The summed E-state index contributed by atoms with van der Waals surface area (Å²) in [7, 11) is 0. The fourth-order valence-corrected chi connectivity index (χ4v) is 2.26. The van der Waals surface area contributed by atoms with E-state index in [1.807, 2.05) is 13.0 Å². The summed E-state index contributed by atoms with van der Waals surface area (Å²) in [5.41, 5.74) is 1.50. The topological polar surface area (TPSA) is 72.7 Å². The number of halogens is 1. The van der Waals surface area contributed by atoms with Crippen molar-refractivity contribution in [2.75, 3.05) is 5.32 Å². The van der Waals surface area contributed by atoms with Gasteiger partial charge in [-0.05, 0) is 30.2 Å². The molecule has 0 unspecified atom stereocenters. The first kappa shape index (κ1) is 15.2. The van der Waals surface area contributed by atoms with Crippen LogP contribution in [0.15, 0.2) is 49.1 Å². The summed E-state index contributed by atoms with van der Waals surface area (Å²) in [5.74, 6) is 0.660. The van der Waals surface area contributed by atoms with Crippen LogP contribution in [0, 0.1) is 0 Å². The third kappa shape index (κ3) is 3.37. The van der Waals surface area contributed by atoms with Gasteiger partial charge in [-0.1, -0.05) is 18.5 Å². The Bertz CT molecular complexity index is 846. The number of amides is 1. The number of carbonyl (C=O) groups is 1. The highest BCUT2D eigenvalue weighted by Crippen LogP contribution is 2.17. The van der Waals surface area contributed by atoms with E-state index in [2.05, 4.69) is 20.4 Å². The van der Waals surface area contributed by atoms with E-state index in [9.17, 15) is 4.79 Å². The zero-order chi connectivity index (χ0) is 16.2. The number of pyridine rings is 2. The average Bonchev–Trinajstić information content (AvgIpc) is 3.03. The van der Waals surface area contributed by atoms with Crippen molar-refractivity contribution in [2.45, 2.75) is 13.3 Å². The molecule has 0 saturated carbocycles. The predicted molar refractivity (Wildman–Crippen MR) is 87.9 cm³/mol. The fourth-order valence-electron chi connectivity index (χ4n) is 2.05. The number of carbonyl (C=O) groups excluding carboxylic acids is 1. The number of rotatable bonds is 4. The molecule has 1 amide bonds. The van der Waals surface area contributed by atoms with Gasteiger partial charge < -0.3 is 5.32 Å². The van der Waals surface area contributed by atoms with E-state index in [1.54, 1.807) is 36.8 Å². The molecular weight excluding hydrogens is 314 g/mol. The van der Waals surface area contributed by atoms with Gasteiger partial charge in [0.25, 0.3) is 5.91 Å². The number of aromatic nitrogens is 4. The third-order valence-corrected chi connectivity index (χ3v) is 3.55. The Labute approximate surface area is 138 Å². The summed E-state index contributed by atoms with van der Waals surface area (Å²) < 4.78 is 1.51. The fraction of sp³-hybridized carbons (Fsp3) is 0.125. The van der Waals surface area contributed by atoms with Gasteiger partial charge in [0.05, 0.1) is 10.6 Å². The molecule has 3 aromatic rings. The Morgan fingerprint density at radius 1 is 1.35 bits per heavy atom. The monoisotopic (exact) mass is 327 g/mol. The van der Waals surface area contributed by atoms with Crippen molar-refractivity contribution in [1.29, 1.82) is 0 Å². The van der Waals surface area contributed by atoms with E-state index in [1.165, 1.54) is 10.9 Å². The van der Waals surface area contributed by atoms with Gasteiger partial charge in [-0.15, -0.1) is 5.10 Å². The highest BCUT2D eigenvalue weighted by Gasteiger charge is 2.11. The van der Waals surface area contributed by atoms with Gasteiger partial charge in [-0.3, -0.25) is 9.78 Å². The van der Waals surface area contributed by atoms with Gasteiger partial charge in [0.15, 0.2) is 11.6 Å². The molecule has 23 heavy (non-hydrogen) atoms. The van der Waals surface area contributed by atoms with Crippen molar-refractivity contribution in [2.24, 2.45) is 0 Å². The highest BCUT2D eigenvalue weighted by molar-refractivity contribution is 6.32. The minimum absolute atomic E-state index is 0.259. The molecule has 0 atom stereocenters. The largest absolute Gasteiger partial charge is 0.305 e. The van der Waals surface area contributed by atoms with Crippen LogP contribution in [-0.2, 0) is 6.42 Å². The van der Waals surface area contributed by atoms with Crippen molar-refractivity contribution in [1.82, 2.24) is 19.7 Å². The van der Waals surface area contributed by atoms with E-state index in [0.717, 1.165) is 12.0 Å². The van der Waals surface area contributed by atoms with E-state index >= 15 is 0 Å². The molecule has 0 bridgehead atoms. The number of nitrogens with one attached hydrogen (secondary N) is 1. The minimum atomic E-state index is -0.259. The zero-order valence-electron chi connectivity index (χ0n) is 12.4. The Balaban J connectivity index is 1.79. The summed E-state index contributed by atoms with van der Waals surface area (Å²) in [6.45, 7) is 2.01.